The maximum atomic E-state index is 12.2. The molecule has 19 heavy (non-hydrogen) atoms. The van der Waals surface area contributed by atoms with Crippen LogP contribution in [-0.4, -0.2) is 43.4 Å². The van der Waals surface area contributed by atoms with E-state index >= 15 is 0 Å². The van der Waals surface area contributed by atoms with E-state index in [1.165, 1.54) is 4.90 Å². The third-order valence-electron chi connectivity index (χ3n) is 3.46. The van der Waals surface area contributed by atoms with Crippen molar-refractivity contribution in [3.8, 4) is 0 Å². The number of hydrogen-bond donors (Lipinski definition) is 2. The van der Waals surface area contributed by atoms with Crippen LogP contribution in [0.15, 0.2) is 0 Å². The highest BCUT2D eigenvalue weighted by Gasteiger charge is 2.48. The van der Waals surface area contributed by atoms with Gasteiger partial charge in [0.2, 0.25) is 5.13 Å². The van der Waals surface area contributed by atoms with Crippen LogP contribution in [0, 0.1) is 6.92 Å². The number of hydrogen-bond acceptors (Lipinski definition) is 5. The standard InChI is InChI=1S/C11H16N4O3S/c1-3-11(8(16)17)5-4-6-15(11)10(18)13-9-12-7(2)14-19-9/h3-6H2,1-2H3,(H,16,17)(H,12,13,14,18). The zero-order valence-corrected chi connectivity index (χ0v) is 11.7. The van der Waals surface area contributed by atoms with E-state index < -0.39 is 17.5 Å². The number of aryl methyl sites for hydroxylation is 1. The summed E-state index contributed by atoms with van der Waals surface area (Å²) in [7, 11) is 0. The summed E-state index contributed by atoms with van der Waals surface area (Å²) in [4.78, 5) is 29.1. The first-order valence-electron chi connectivity index (χ1n) is 6.12. The van der Waals surface area contributed by atoms with Crippen molar-refractivity contribution >= 4 is 28.7 Å². The van der Waals surface area contributed by atoms with Gasteiger partial charge in [0.25, 0.3) is 0 Å². The molecule has 0 bridgehead atoms. The lowest BCUT2D eigenvalue weighted by molar-refractivity contribution is -0.148. The van der Waals surface area contributed by atoms with Gasteiger partial charge in [-0.3, -0.25) is 5.32 Å². The van der Waals surface area contributed by atoms with Crippen LogP contribution in [0.25, 0.3) is 0 Å². The molecule has 1 atom stereocenters. The molecule has 1 unspecified atom stereocenters. The van der Waals surface area contributed by atoms with Gasteiger partial charge in [0.15, 0.2) is 0 Å². The van der Waals surface area contributed by atoms with Crippen molar-refractivity contribution in [2.75, 3.05) is 11.9 Å². The minimum absolute atomic E-state index is 0.393. The Kier molecular flexibility index (Phi) is 3.70. The van der Waals surface area contributed by atoms with E-state index in [0.29, 0.717) is 36.8 Å². The molecule has 0 aliphatic carbocycles. The second kappa shape index (κ2) is 5.12. The number of anilines is 1. The molecular formula is C11H16N4O3S. The van der Waals surface area contributed by atoms with Crippen LogP contribution in [0.1, 0.15) is 32.0 Å². The monoisotopic (exact) mass is 284 g/mol. The molecule has 1 aromatic heterocycles. The van der Waals surface area contributed by atoms with Crippen LogP contribution in [-0.2, 0) is 4.79 Å². The van der Waals surface area contributed by atoms with Gasteiger partial charge in [0.1, 0.15) is 11.4 Å². The van der Waals surface area contributed by atoms with Gasteiger partial charge >= 0.3 is 12.0 Å². The van der Waals surface area contributed by atoms with Crippen LogP contribution in [0.5, 0.6) is 0 Å². The lowest BCUT2D eigenvalue weighted by atomic mass is 9.93. The Balaban J connectivity index is 2.16. The van der Waals surface area contributed by atoms with Gasteiger partial charge in [-0.1, -0.05) is 6.92 Å². The average Bonchev–Trinajstić information content (AvgIpc) is 2.95. The molecule has 2 heterocycles. The molecule has 0 radical (unpaired) electrons. The maximum Gasteiger partial charge on any atom is 0.329 e. The lowest BCUT2D eigenvalue weighted by Crippen LogP contribution is -2.54. The van der Waals surface area contributed by atoms with Gasteiger partial charge in [-0.25, -0.2) is 14.6 Å². The number of carbonyl (C=O) groups excluding carboxylic acids is 1. The van der Waals surface area contributed by atoms with E-state index in [2.05, 4.69) is 14.7 Å². The van der Waals surface area contributed by atoms with Crippen molar-refractivity contribution in [2.24, 2.45) is 0 Å². The van der Waals surface area contributed by atoms with Gasteiger partial charge < -0.3 is 10.0 Å². The minimum Gasteiger partial charge on any atom is -0.479 e. The molecule has 1 aliphatic heterocycles. The van der Waals surface area contributed by atoms with E-state index in [1.807, 2.05) is 0 Å². The van der Waals surface area contributed by atoms with Gasteiger partial charge in [-0.2, -0.15) is 4.37 Å². The smallest absolute Gasteiger partial charge is 0.329 e. The molecule has 1 fully saturated rings. The number of carbonyl (C=O) groups is 2. The summed E-state index contributed by atoms with van der Waals surface area (Å²) in [6.07, 6.45) is 1.58. The molecule has 2 N–H and O–H groups in total. The molecule has 0 spiro atoms. The van der Waals surface area contributed by atoms with Crippen molar-refractivity contribution in [2.45, 2.75) is 38.6 Å². The first-order valence-corrected chi connectivity index (χ1v) is 6.89. The summed E-state index contributed by atoms with van der Waals surface area (Å²) >= 11 is 1.09. The van der Waals surface area contributed by atoms with Crippen LogP contribution in [0.2, 0.25) is 0 Å². The number of nitrogens with one attached hydrogen (secondary N) is 1. The minimum atomic E-state index is -1.09. The van der Waals surface area contributed by atoms with Gasteiger partial charge in [0.05, 0.1) is 0 Å². The SMILES string of the molecule is CCC1(C(=O)O)CCCN1C(=O)Nc1nc(C)ns1. The molecule has 1 saturated heterocycles. The summed E-state index contributed by atoms with van der Waals surface area (Å²) < 4.78 is 3.97. The third-order valence-corrected chi connectivity index (χ3v) is 4.18. The Morgan fingerprint density at radius 1 is 1.58 bits per heavy atom. The van der Waals surface area contributed by atoms with Crippen molar-refractivity contribution in [1.82, 2.24) is 14.3 Å². The van der Waals surface area contributed by atoms with E-state index in [0.717, 1.165) is 11.5 Å². The van der Waals surface area contributed by atoms with Crippen LogP contribution in [0.3, 0.4) is 0 Å². The highest BCUT2D eigenvalue weighted by molar-refractivity contribution is 7.09. The summed E-state index contributed by atoms with van der Waals surface area (Å²) in [6.45, 7) is 3.97. The highest BCUT2D eigenvalue weighted by atomic mass is 32.1. The van der Waals surface area contributed by atoms with Gasteiger partial charge in [0, 0.05) is 18.1 Å². The summed E-state index contributed by atoms with van der Waals surface area (Å²) in [5, 5.41) is 12.4. The number of aliphatic carboxylic acids is 1. The summed E-state index contributed by atoms with van der Waals surface area (Å²) in [6, 6.07) is -0.419. The van der Waals surface area contributed by atoms with E-state index in [1.54, 1.807) is 13.8 Å². The zero-order valence-electron chi connectivity index (χ0n) is 10.8. The quantitative estimate of drug-likeness (QED) is 0.881. The number of nitrogens with zero attached hydrogens (tertiary/aromatic N) is 3. The fourth-order valence-corrected chi connectivity index (χ4v) is 2.99. The number of urea groups is 1. The van der Waals surface area contributed by atoms with Gasteiger partial charge in [-0.05, 0) is 26.2 Å². The Bertz CT molecular complexity index is 504. The predicted molar refractivity (Wildman–Crippen MR) is 70.3 cm³/mol. The fraction of sp³-hybridized carbons (Fsp3) is 0.636. The van der Waals surface area contributed by atoms with Crippen LogP contribution in [0.4, 0.5) is 9.93 Å². The number of carboxylic acid groups (broad SMARTS) is 1. The summed E-state index contributed by atoms with van der Waals surface area (Å²) in [5.74, 6) is -0.363. The fourth-order valence-electron chi connectivity index (χ4n) is 2.42. The van der Waals surface area contributed by atoms with Crippen molar-refractivity contribution in [3.05, 3.63) is 5.82 Å². The molecule has 2 amide bonds. The zero-order chi connectivity index (χ0) is 14.0. The predicted octanol–water partition coefficient (Wildman–Crippen LogP) is 1.71. The normalized spacial score (nSPS) is 22.5. The maximum absolute atomic E-state index is 12.2. The molecule has 0 saturated carbocycles. The second-order valence-corrected chi connectivity index (χ2v) is 5.27. The van der Waals surface area contributed by atoms with Crippen LogP contribution < -0.4 is 5.32 Å². The number of amides is 2. The van der Waals surface area contributed by atoms with Crippen LogP contribution >= 0.6 is 11.5 Å². The van der Waals surface area contributed by atoms with Gasteiger partial charge in [-0.15, -0.1) is 0 Å². The molecule has 2 rings (SSSR count). The highest BCUT2D eigenvalue weighted by Crippen LogP contribution is 2.33. The topological polar surface area (TPSA) is 95.4 Å². The Morgan fingerprint density at radius 3 is 2.84 bits per heavy atom. The number of aromatic nitrogens is 2. The number of carboxylic acids is 1. The van der Waals surface area contributed by atoms with Crippen molar-refractivity contribution in [1.29, 1.82) is 0 Å². The second-order valence-electron chi connectivity index (χ2n) is 4.52. The molecule has 7 nitrogen and oxygen atoms in total. The molecular weight excluding hydrogens is 268 g/mol. The molecule has 0 aromatic carbocycles. The largest absolute Gasteiger partial charge is 0.479 e. The lowest BCUT2D eigenvalue weighted by Gasteiger charge is -2.33. The van der Waals surface area contributed by atoms with E-state index in [9.17, 15) is 14.7 Å². The molecule has 1 aromatic rings. The molecule has 104 valence electrons. The summed E-state index contributed by atoms with van der Waals surface area (Å²) in [5.41, 5.74) is -1.09. The Morgan fingerprint density at radius 2 is 2.32 bits per heavy atom. The van der Waals surface area contributed by atoms with E-state index in [4.69, 9.17) is 0 Å². The van der Waals surface area contributed by atoms with E-state index in [-0.39, 0.29) is 0 Å². The first kappa shape index (κ1) is 13.7. The Hall–Kier alpha value is -1.70. The first-order chi connectivity index (χ1) is 8.99. The number of likely N-dealkylation sites (tertiary alicyclic amines) is 1. The Labute approximate surface area is 114 Å². The number of rotatable bonds is 3. The molecule has 8 heteroatoms. The average molecular weight is 284 g/mol. The third kappa shape index (κ3) is 2.40. The van der Waals surface area contributed by atoms with Crippen molar-refractivity contribution in [3.63, 3.8) is 0 Å². The van der Waals surface area contributed by atoms with Crippen molar-refractivity contribution < 1.29 is 14.7 Å². The molecule has 1 aliphatic rings.